The first-order chi connectivity index (χ1) is 11.6. The Balaban J connectivity index is 1.70. The van der Waals surface area contributed by atoms with Gasteiger partial charge in [-0.25, -0.2) is 0 Å². The molecule has 2 heteroatoms. The lowest BCUT2D eigenvalue weighted by Gasteiger charge is -2.25. The van der Waals surface area contributed by atoms with Gasteiger partial charge in [0.25, 0.3) is 0 Å². The highest BCUT2D eigenvalue weighted by molar-refractivity contribution is 5.88. The minimum absolute atomic E-state index is 0.362. The van der Waals surface area contributed by atoms with Crippen LogP contribution in [-0.2, 0) is 0 Å². The lowest BCUT2D eigenvalue weighted by molar-refractivity contribution is 0.225. The Bertz CT molecular complexity index is 787. The molecule has 2 nitrogen and oxygen atoms in total. The summed E-state index contributed by atoms with van der Waals surface area (Å²) < 4.78 is 6.12. The Morgan fingerprint density at radius 3 is 2.33 bits per heavy atom. The van der Waals surface area contributed by atoms with Gasteiger partial charge in [-0.15, -0.1) is 0 Å². The summed E-state index contributed by atoms with van der Waals surface area (Å²) in [5.41, 5.74) is 2.63. The molecule has 1 atom stereocenters. The lowest BCUT2D eigenvalue weighted by Crippen LogP contribution is -2.22. The zero-order valence-corrected chi connectivity index (χ0v) is 14.7. The van der Waals surface area contributed by atoms with Crippen LogP contribution in [0, 0.1) is 6.92 Å². The summed E-state index contributed by atoms with van der Waals surface area (Å²) >= 11 is 0. The van der Waals surface area contributed by atoms with Crippen molar-refractivity contribution < 1.29 is 4.74 Å². The highest BCUT2D eigenvalue weighted by Crippen LogP contribution is 2.27. The van der Waals surface area contributed by atoms with Crippen LogP contribution in [0.1, 0.15) is 23.6 Å². The van der Waals surface area contributed by atoms with Crippen LogP contribution in [0.4, 0.5) is 0 Å². The van der Waals surface area contributed by atoms with E-state index in [1.54, 1.807) is 0 Å². The minimum atomic E-state index is 0.362. The number of hydrogen-bond acceptors (Lipinski definition) is 2. The summed E-state index contributed by atoms with van der Waals surface area (Å²) in [4.78, 5) is 2.26. The number of ether oxygens (including phenoxy) is 1. The van der Waals surface area contributed by atoms with Gasteiger partial charge in [-0.1, -0.05) is 66.2 Å². The second-order valence-corrected chi connectivity index (χ2v) is 6.50. The molecule has 1 unspecified atom stereocenters. The number of aryl methyl sites for hydroxylation is 1. The van der Waals surface area contributed by atoms with Crippen molar-refractivity contribution >= 4 is 10.8 Å². The Labute approximate surface area is 144 Å². The second-order valence-electron chi connectivity index (χ2n) is 6.50. The summed E-state index contributed by atoms with van der Waals surface area (Å²) in [6.07, 6.45) is 0.958. The first-order valence-electron chi connectivity index (χ1n) is 8.49. The molecule has 3 rings (SSSR count). The van der Waals surface area contributed by atoms with Crippen LogP contribution in [0.15, 0.2) is 66.7 Å². The zero-order valence-electron chi connectivity index (χ0n) is 14.7. The van der Waals surface area contributed by atoms with E-state index in [0.717, 1.165) is 12.2 Å². The highest BCUT2D eigenvalue weighted by atomic mass is 16.5. The first kappa shape index (κ1) is 16.5. The average Bonchev–Trinajstić information content (AvgIpc) is 2.59. The number of fused-ring (bicyclic) bond motifs is 1. The molecule has 24 heavy (non-hydrogen) atoms. The normalized spacial score (nSPS) is 12.5. The van der Waals surface area contributed by atoms with E-state index >= 15 is 0 Å². The van der Waals surface area contributed by atoms with Crippen molar-refractivity contribution in [3.05, 3.63) is 77.9 Å². The van der Waals surface area contributed by atoms with E-state index in [9.17, 15) is 0 Å². The van der Waals surface area contributed by atoms with Gasteiger partial charge >= 0.3 is 0 Å². The summed E-state index contributed by atoms with van der Waals surface area (Å²) in [6, 6.07) is 23.8. The van der Waals surface area contributed by atoms with Gasteiger partial charge in [0.15, 0.2) is 0 Å². The summed E-state index contributed by atoms with van der Waals surface area (Å²) in [5.74, 6) is 0.967. The van der Waals surface area contributed by atoms with Gasteiger partial charge in [0.2, 0.25) is 0 Å². The molecule has 0 aliphatic carbocycles. The molecular formula is C22H25NO. The highest BCUT2D eigenvalue weighted by Gasteiger charge is 2.14. The Kier molecular flexibility index (Phi) is 5.17. The van der Waals surface area contributed by atoms with E-state index in [1.807, 2.05) is 0 Å². The average molecular weight is 319 g/mol. The van der Waals surface area contributed by atoms with Gasteiger partial charge in [-0.05, 0) is 38.0 Å². The fourth-order valence-electron chi connectivity index (χ4n) is 3.11. The van der Waals surface area contributed by atoms with Crippen molar-refractivity contribution in [1.82, 2.24) is 4.90 Å². The van der Waals surface area contributed by atoms with Gasteiger partial charge in [-0.2, -0.15) is 0 Å². The standard InChI is InChI=1S/C22H25NO/c1-17-11-13-19(14-12-17)21(23(2)3)15-16-24-22-10-6-8-18-7-4-5-9-20(18)22/h4-14,21H,15-16H2,1-3H3. The number of rotatable bonds is 6. The number of nitrogens with zero attached hydrogens (tertiary/aromatic N) is 1. The largest absolute Gasteiger partial charge is 0.493 e. The van der Waals surface area contributed by atoms with Crippen LogP contribution in [0.2, 0.25) is 0 Å². The molecule has 0 bridgehead atoms. The number of hydrogen-bond donors (Lipinski definition) is 0. The molecule has 0 N–H and O–H groups in total. The molecule has 0 amide bonds. The van der Waals surface area contributed by atoms with Crippen molar-refractivity contribution in [2.45, 2.75) is 19.4 Å². The molecule has 3 aromatic rings. The smallest absolute Gasteiger partial charge is 0.127 e. The molecule has 0 aromatic heterocycles. The maximum absolute atomic E-state index is 6.12. The Morgan fingerprint density at radius 2 is 1.58 bits per heavy atom. The van der Waals surface area contributed by atoms with Crippen molar-refractivity contribution in [3.8, 4) is 5.75 Å². The molecule has 124 valence electrons. The minimum Gasteiger partial charge on any atom is -0.493 e. The van der Waals surface area contributed by atoms with Crippen molar-refractivity contribution in [2.24, 2.45) is 0 Å². The second kappa shape index (κ2) is 7.50. The summed E-state index contributed by atoms with van der Waals surface area (Å²) in [6.45, 7) is 2.82. The maximum atomic E-state index is 6.12. The van der Waals surface area contributed by atoms with Crippen LogP contribution in [0.25, 0.3) is 10.8 Å². The van der Waals surface area contributed by atoms with Crippen LogP contribution < -0.4 is 4.74 Å². The van der Waals surface area contributed by atoms with Crippen molar-refractivity contribution in [2.75, 3.05) is 20.7 Å². The fourth-order valence-corrected chi connectivity index (χ4v) is 3.11. The molecule has 0 saturated carbocycles. The quantitative estimate of drug-likeness (QED) is 0.617. The van der Waals surface area contributed by atoms with Gasteiger partial charge < -0.3 is 9.64 Å². The van der Waals surface area contributed by atoms with E-state index in [-0.39, 0.29) is 0 Å². The monoisotopic (exact) mass is 319 g/mol. The van der Waals surface area contributed by atoms with Crippen LogP contribution in [-0.4, -0.2) is 25.6 Å². The molecule has 0 fully saturated rings. The molecular weight excluding hydrogens is 294 g/mol. The third-order valence-electron chi connectivity index (χ3n) is 4.48. The molecule has 0 saturated heterocycles. The molecule has 0 radical (unpaired) electrons. The summed E-state index contributed by atoms with van der Waals surface area (Å²) in [7, 11) is 4.25. The summed E-state index contributed by atoms with van der Waals surface area (Å²) in [5, 5.41) is 2.40. The third-order valence-corrected chi connectivity index (χ3v) is 4.48. The number of benzene rings is 3. The van der Waals surface area contributed by atoms with E-state index in [4.69, 9.17) is 4.74 Å². The SMILES string of the molecule is Cc1ccc(C(CCOc2cccc3ccccc23)N(C)C)cc1. The van der Waals surface area contributed by atoms with E-state index in [1.165, 1.54) is 21.9 Å². The van der Waals surface area contributed by atoms with Gasteiger partial charge in [-0.3, -0.25) is 0 Å². The fraction of sp³-hybridized carbons (Fsp3) is 0.273. The van der Waals surface area contributed by atoms with Crippen LogP contribution >= 0.6 is 0 Å². The Hall–Kier alpha value is -2.32. The Morgan fingerprint density at radius 1 is 0.875 bits per heavy atom. The predicted molar refractivity (Wildman–Crippen MR) is 102 cm³/mol. The molecule has 0 heterocycles. The molecule has 0 spiro atoms. The van der Waals surface area contributed by atoms with Crippen molar-refractivity contribution in [3.63, 3.8) is 0 Å². The zero-order chi connectivity index (χ0) is 16.9. The van der Waals surface area contributed by atoms with E-state index < -0.39 is 0 Å². The lowest BCUT2D eigenvalue weighted by atomic mass is 10.0. The van der Waals surface area contributed by atoms with E-state index in [2.05, 4.69) is 92.6 Å². The van der Waals surface area contributed by atoms with Crippen molar-refractivity contribution in [1.29, 1.82) is 0 Å². The van der Waals surface area contributed by atoms with Gasteiger partial charge in [0.1, 0.15) is 5.75 Å². The first-order valence-corrected chi connectivity index (χ1v) is 8.49. The van der Waals surface area contributed by atoms with E-state index in [0.29, 0.717) is 12.6 Å². The molecule has 0 aliphatic heterocycles. The topological polar surface area (TPSA) is 12.5 Å². The van der Waals surface area contributed by atoms with Crippen LogP contribution in [0.5, 0.6) is 5.75 Å². The molecule has 0 aliphatic rings. The van der Waals surface area contributed by atoms with Crippen LogP contribution in [0.3, 0.4) is 0 Å². The van der Waals surface area contributed by atoms with Gasteiger partial charge in [0, 0.05) is 17.8 Å². The predicted octanol–water partition coefficient (Wildman–Crippen LogP) is 5.22. The molecule has 3 aromatic carbocycles. The maximum Gasteiger partial charge on any atom is 0.127 e. The third kappa shape index (κ3) is 3.77. The van der Waals surface area contributed by atoms with Gasteiger partial charge in [0.05, 0.1) is 6.61 Å².